The van der Waals surface area contributed by atoms with E-state index in [0.29, 0.717) is 0 Å². The van der Waals surface area contributed by atoms with Gasteiger partial charge < -0.3 is 0 Å². The Bertz CT molecular complexity index is 188. The van der Waals surface area contributed by atoms with Crippen LogP contribution in [0.15, 0.2) is 22.3 Å². The first kappa shape index (κ1) is 10.5. The molecule has 0 bridgehead atoms. The van der Waals surface area contributed by atoms with Gasteiger partial charge in [-0.25, -0.2) is 0 Å². The van der Waals surface area contributed by atoms with Gasteiger partial charge in [0.25, 0.3) is 0 Å². The first-order valence-corrected chi connectivity index (χ1v) is 4.31. The van der Waals surface area contributed by atoms with Crippen molar-refractivity contribution < 1.29 is 0 Å². The molecule has 0 N–H and O–H groups in total. The van der Waals surface area contributed by atoms with Gasteiger partial charge in [0.1, 0.15) is 0 Å². The molecule has 0 amide bonds. The maximum absolute atomic E-state index is 2.21. The third-order valence-corrected chi connectivity index (χ3v) is 2.48. The fourth-order valence-electron chi connectivity index (χ4n) is 0.960. The van der Waals surface area contributed by atoms with Crippen molar-refractivity contribution in [2.24, 2.45) is 0 Å². The van der Waals surface area contributed by atoms with E-state index in [1.165, 1.54) is 22.3 Å². The third kappa shape index (κ3) is 2.92. The molecule has 0 heterocycles. The summed E-state index contributed by atoms with van der Waals surface area (Å²) in [5.74, 6) is 0. The smallest absolute Gasteiger partial charge is 0.0346 e. The van der Waals surface area contributed by atoms with Crippen molar-refractivity contribution in [3.8, 4) is 0 Å². The molecule has 0 atom stereocenters. The minimum absolute atomic E-state index is 1.16. The Kier molecular flexibility index (Phi) is 4.17. The second-order valence-corrected chi connectivity index (χ2v) is 3.38. The van der Waals surface area contributed by atoms with Crippen molar-refractivity contribution in [3.63, 3.8) is 0 Å². The van der Waals surface area contributed by atoms with Crippen molar-refractivity contribution in [2.45, 2.75) is 48.0 Å². The van der Waals surface area contributed by atoms with Crippen LogP contribution >= 0.6 is 0 Å². The molecule has 0 heteroatoms. The van der Waals surface area contributed by atoms with Crippen LogP contribution in [0.4, 0.5) is 0 Å². The van der Waals surface area contributed by atoms with Gasteiger partial charge >= 0.3 is 0 Å². The van der Waals surface area contributed by atoms with Crippen LogP contribution < -0.4 is 0 Å². The Hall–Kier alpha value is -0.520. The van der Waals surface area contributed by atoms with Gasteiger partial charge in [-0.1, -0.05) is 18.1 Å². The van der Waals surface area contributed by atoms with Crippen LogP contribution in [0.3, 0.4) is 0 Å². The van der Waals surface area contributed by atoms with Gasteiger partial charge in [0.05, 0.1) is 0 Å². The molecule has 0 aliphatic carbocycles. The van der Waals surface area contributed by atoms with Gasteiger partial charge in [0, 0.05) is 0 Å². The summed E-state index contributed by atoms with van der Waals surface area (Å²) in [6.07, 6.45) is 1.16. The fourth-order valence-corrected chi connectivity index (χ4v) is 0.960. The molecule has 0 aromatic carbocycles. The maximum Gasteiger partial charge on any atom is -0.0346 e. The Labute approximate surface area is 71.0 Å². The van der Waals surface area contributed by atoms with Crippen LogP contribution in [0.1, 0.15) is 48.0 Å². The van der Waals surface area contributed by atoms with E-state index in [9.17, 15) is 0 Å². The minimum Gasteiger partial charge on any atom is -0.0732 e. The van der Waals surface area contributed by atoms with E-state index in [-0.39, 0.29) is 0 Å². The summed E-state index contributed by atoms with van der Waals surface area (Å²) >= 11 is 0. The van der Waals surface area contributed by atoms with E-state index in [0.717, 1.165) is 6.42 Å². The minimum atomic E-state index is 1.16. The highest BCUT2D eigenvalue weighted by atomic mass is 14.0. The quantitative estimate of drug-likeness (QED) is 0.523. The van der Waals surface area contributed by atoms with Gasteiger partial charge in [0.2, 0.25) is 0 Å². The molecule has 0 unspecified atom stereocenters. The molecule has 0 rings (SSSR count). The highest BCUT2D eigenvalue weighted by Gasteiger charge is 1.98. The predicted molar refractivity (Wildman–Crippen MR) is 52.7 cm³/mol. The highest BCUT2D eigenvalue weighted by Crippen LogP contribution is 2.18. The fraction of sp³-hybridized carbons (Fsp3) is 0.636. The van der Waals surface area contributed by atoms with Crippen molar-refractivity contribution >= 4 is 0 Å². The van der Waals surface area contributed by atoms with Crippen molar-refractivity contribution in [2.75, 3.05) is 0 Å². The van der Waals surface area contributed by atoms with Crippen molar-refractivity contribution in [3.05, 3.63) is 22.3 Å². The number of allylic oxidation sites excluding steroid dienone is 4. The molecule has 0 radical (unpaired) electrons. The Balaban J connectivity index is 4.75. The molecular weight excluding hydrogens is 132 g/mol. The van der Waals surface area contributed by atoms with Gasteiger partial charge in [-0.3, -0.25) is 0 Å². The van der Waals surface area contributed by atoms with E-state index in [1.807, 2.05) is 0 Å². The monoisotopic (exact) mass is 152 g/mol. The number of hydrogen-bond donors (Lipinski definition) is 0. The first-order chi connectivity index (χ1) is 5.00. The third-order valence-electron chi connectivity index (χ3n) is 2.48. The average molecular weight is 152 g/mol. The molecule has 0 aromatic rings. The summed E-state index contributed by atoms with van der Waals surface area (Å²) in [4.78, 5) is 0. The largest absolute Gasteiger partial charge is 0.0732 e. The molecule has 0 fully saturated rings. The van der Waals surface area contributed by atoms with Gasteiger partial charge in [-0.2, -0.15) is 0 Å². The molecule has 11 heavy (non-hydrogen) atoms. The van der Waals surface area contributed by atoms with Crippen molar-refractivity contribution in [1.82, 2.24) is 0 Å². The van der Waals surface area contributed by atoms with Crippen LogP contribution in [0.2, 0.25) is 0 Å². The summed E-state index contributed by atoms with van der Waals surface area (Å²) in [7, 11) is 0. The van der Waals surface area contributed by atoms with E-state index in [1.54, 1.807) is 0 Å². The highest BCUT2D eigenvalue weighted by molar-refractivity contribution is 5.33. The van der Waals surface area contributed by atoms with Crippen LogP contribution in [-0.4, -0.2) is 0 Å². The topological polar surface area (TPSA) is 0 Å². The van der Waals surface area contributed by atoms with Crippen LogP contribution in [0.5, 0.6) is 0 Å². The summed E-state index contributed by atoms with van der Waals surface area (Å²) in [5.41, 5.74) is 5.84. The zero-order valence-electron chi connectivity index (χ0n) is 8.71. The van der Waals surface area contributed by atoms with E-state index in [4.69, 9.17) is 0 Å². The zero-order chi connectivity index (χ0) is 9.02. The van der Waals surface area contributed by atoms with Crippen molar-refractivity contribution in [1.29, 1.82) is 0 Å². The molecule has 0 saturated heterocycles. The van der Waals surface area contributed by atoms with E-state index < -0.39 is 0 Å². The standard InChI is InChI=1S/C11H20/c1-7-9(4)11(6)10(5)8(2)3/h7H2,1-6H3/b11-9-. The van der Waals surface area contributed by atoms with Gasteiger partial charge in [0.15, 0.2) is 0 Å². The summed E-state index contributed by atoms with van der Waals surface area (Å²) in [6.45, 7) is 13.2. The average Bonchev–Trinajstić information content (AvgIpc) is 2.00. The molecule has 0 aromatic heterocycles. The van der Waals surface area contributed by atoms with Crippen LogP contribution in [0, 0.1) is 0 Å². The molecule has 0 nitrogen and oxygen atoms in total. The normalized spacial score (nSPS) is 12.5. The molecule has 0 aliphatic heterocycles. The molecule has 0 aliphatic rings. The molecule has 0 spiro atoms. The summed E-state index contributed by atoms with van der Waals surface area (Å²) in [5, 5.41) is 0. The second-order valence-electron chi connectivity index (χ2n) is 3.38. The van der Waals surface area contributed by atoms with E-state index in [2.05, 4.69) is 41.5 Å². The Morgan fingerprint density at radius 2 is 1.27 bits per heavy atom. The lowest BCUT2D eigenvalue weighted by Crippen LogP contribution is -1.87. The second kappa shape index (κ2) is 4.38. The molecule has 64 valence electrons. The number of rotatable bonds is 2. The first-order valence-electron chi connectivity index (χ1n) is 4.31. The SMILES string of the molecule is CC/C(C)=C(/C)C(C)=C(C)C. The lowest BCUT2D eigenvalue weighted by atomic mass is 9.99. The zero-order valence-corrected chi connectivity index (χ0v) is 8.71. The van der Waals surface area contributed by atoms with Gasteiger partial charge in [-0.15, -0.1) is 0 Å². The van der Waals surface area contributed by atoms with Gasteiger partial charge in [-0.05, 0) is 52.2 Å². The maximum atomic E-state index is 2.21. The van der Waals surface area contributed by atoms with Crippen LogP contribution in [0.25, 0.3) is 0 Å². The Morgan fingerprint density at radius 3 is 1.55 bits per heavy atom. The lowest BCUT2D eigenvalue weighted by molar-refractivity contribution is 1.05. The number of hydrogen-bond acceptors (Lipinski definition) is 0. The molecule has 0 saturated carbocycles. The van der Waals surface area contributed by atoms with Crippen LogP contribution in [-0.2, 0) is 0 Å². The van der Waals surface area contributed by atoms with E-state index >= 15 is 0 Å². The lowest BCUT2D eigenvalue weighted by Gasteiger charge is -2.07. The molecular formula is C11H20. The summed E-state index contributed by atoms with van der Waals surface area (Å²) < 4.78 is 0. The summed E-state index contributed by atoms with van der Waals surface area (Å²) in [6, 6.07) is 0. The Morgan fingerprint density at radius 1 is 0.818 bits per heavy atom. The predicted octanol–water partition coefficient (Wildman–Crippen LogP) is 4.09.